The molecule has 0 atom stereocenters. The molecule has 7 heteroatoms. The number of aryl methyl sites for hydroxylation is 1. The van der Waals surface area contributed by atoms with Crippen molar-refractivity contribution >= 4 is 27.4 Å². The SMILES string of the molecule is CCOC(=O)CS(=O)(=O)N1CCCc2cc(N)ccc21. The van der Waals surface area contributed by atoms with Crippen LogP contribution in [-0.2, 0) is 26.0 Å². The number of nitrogen functional groups attached to an aromatic ring is 1. The van der Waals surface area contributed by atoms with Crippen molar-refractivity contribution in [2.24, 2.45) is 0 Å². The molecule has 0 amide bonds. The van der Waals surface area contributed by atoms with Gasteiger partial charge in [-0.2, -0.15) is 0 Å². The van der Waals surface area contributed by atoms with E-state index >= 15 is 0 Å². The van der Waals surface area contributed by atoms with Gasteiger partial charge in [0, 0.05) is 12.2 Å². The molecule has 0 saturated heterocycles. The van der Waals surface area contributed by atoms with Gasteiger partial charge in [-0.15, -0.1) is 0 Å². The van der Waals surface area contributed by atoms with Crippen LogP contribution in [0.5, 0.6) is 0 Å². The standard InChI is InChI=1S/C13H18N2O4S/c1-2-19-13(16)9-20(17,18)15-7-3-4-10-8-11(14)5-6-12(10)15/h5-6,8H,2-4,7,9,14H2,1H3. The molecule has 1 aromatic rings. The second kappa shape index (κ2) is 5.70. The van der Waals surface area contributed by atoms with Gasteiger partial charge >= 0.3 is 5.97 Å². The van der Waals surface area contributed by atoms with E-state index in [0.29, 0.717) is 24.3 Å². The van der Waals surface area contributed by atoms with Crippen molar-refractivity contribution in [2.75, 3.05) is 28.9 Å². The van der Waals surface area contributed by atoms with Gasteiger partial charge in [0.05, 0.1) is 12.3 Å². The second-order valence-electron chi connectivity index (χ2n) is 4.63. The lowest BCUT2D eigenvalue weighted by atomic mass is 10.0. The fourth-order valence-electron chi connectivity index (χ4n) is 2.30. The molecule has 0 saturated carbocycles. The lowest BCUT2D eigenvalue weighted by Gasteiger charge is -2.30. The summed E-state index contributed by atoms with van der Waals surface area (Å²) in [5.74, 6) is -1.36. The minimum Gasteiger partial charge on any atom is -0.465 e. The summed E-state index contributed by atoms with van der Waals surface area (Å²) in [7, 11) is -3.71. The van der Waals surface area contributed by atoms with E-state index in [1.807, 2.05) is 0 Å². The summed E-state index contributed by atoms with van der Waals surface area (Å²) in [4.78, 5) is 11.4. The molecule has 2 N–H and O–H groups in total. The molecule has 0 spiro atoms. The Morgan fingerprint density at radius 1 is 1.45 bits per heavy atom. The molecular formula is C13H18N2O4S. The van der Waals surface area contributed by atoms with Crippen LogP contribution in [0.25, 0.3) is 0 Å². The highest BCUT2D eigenvalue weighted by Crippen LogP contribution is 2.31. The van der Waals surface area contributed by atoms with Crippen LogP contribution in [0, 0.1) is 0 Å². The van der Waals surface area contributed by atoms with Crippen molar-refractivity contribution in [3.8, 4) is 0 Å². The summed E-state index contributed by atoms with van der Waals surface area (Å²) in [6.45, 7) is 2.18. The number of rotatable bonds is 4. The molecule has 0 aliphatic carbocycles. The normalized spacial score (nSPS) is 14.8. The number of fused-ring (bicyclic) bond motifs is 1. The summed E-state index contributed by atoms with van der Waals surface area (Å²) in [6.07, 6.45) is 1.49. The molecule has 0 aromatic heterocycles. The zero-order valence-electron chi connectivity index (χ0n) is 11.3. The monoisotopic (exact) mass is 298 g/mol. The van der Waals surface area contributed by atoms with Crippen LogP contribution in [0.1, 0.15) is 18.9 Å². The van der Waals surface area contributed by atoms with Gasteiger partial charge < -0.3 is 10.5 Å². The number of nitrogens with zero attached hydrogens (tertiary/aromatic N) is 1. The Hall–Kier alpha value is -1.76. The van der Waals surface area contributed by atoms with Crippen LogP contribution in [-0.4, -0.2) is 33.3 Å². The maximum atomic E-state index is 12.3. The minimum atomic E-state index is -3.71. The molecule has 1 aliphatic heterocycles. The molecule has 110 valence electrons. The van der Waals surface area contributed by atoms with Gasteiger partial charge in [-0.1, -0.05) is 0 Å². The van der Waals surface area contributed by atoms with E-state index in [0.717, 1.165) is 12.0 Å². The van der Waals surface area contributed by atoms with Crippen molar-refractivity contribution in [3.63, 3.8) is 0 Å². The maximum absolute atomic E-state index is 12.3. The van der Waals surface area contributed by atoms with Gasteiger partial charge in [0.2, 0.25) is 10.0 Å². The first-order chi connectivity index (χ1) is 9.44. The Labute approximate surface area is 118 Å². The molecule has 0 bridgehead atoms. The van der Waals surface area contributed by atoms with Crippen molar-refractivity contribution < 1.29 is 17.9 Å². The fraction of sp³-hybridized carbons (Fsp3) is 0.462. The van der Waals surface area contributed by atoms with Crippen molar-refractivity contribution in [1.29, 1.82) is 0 Å². The highest BCUT2D eigenvalue weighted by Gasteiger charge is 2.30. The van der Waals surface area contributed by atoms with Crippen LogP contribution in [0.3, 0.4) is 0 Å². The third kappa shape index (κ3) is 3.04. The zero-order valence-corrected chi connectivity index (χ0v) is 12.1. The van der Waals surface area contributed by atoms with E-state index in [2.05, 4.69) is 0 Å². The summed E-state index contributed by atoms with van der Waals surface area (Å²) < 4.78 is 30.6. The van der Waals surface area contributed by atoms with Crippen LogP contribution >= 0.6 is 0 Å². The predicted molar refractivity (Wildman–Crippen MR) is 76.9 cm³/mol. The molecular weight excluding hydrogens is 280 g/mol. The summed E-state index contributed by atoms with van der Waals surface area (Å²) in [5.41, 5.74) is 7.82. The second-order valence-corrected chi connectivity index (χ2v) is 6.52. The molecule has 1 aliphatic rings. The van der Waals surface area contributed by atoms with Gasteiger partial charge in [-0.3, -0.25) is 9.10 Å². The van der Waals surface area contributed by atoms with Crippen LogP contribution < -0.4 is 10.0 Å². The maximum Gasteiger partial charge on any atom is 0.323 e. The van der Waals surface area contributed by atoms with Gasteiger partial charge in [-0.05, 0) is 43.5 Å². The van der Waals surface area contributed by atoms with E-state index < -0.39 is 21.7 Å². The van der Waals surface area contributed by atoms with Crippen LogP contribution in [0.2, 0.25) is 0 Å². The average Bonchev–Trinajstić information content (AvgIpc) is 2.37. The Morgan fingerprint density at radius 2 is 2.20 bits per heavy atom. The van der Waals surface area contributed by atoms with E-state index in [4.69, 9.17) is 10.5 Å². The first-order valence-corrected chi connectivity index (χ1v) is 8.09. The lowest BCUT2D eigenvalue weighted by Crippen LogP contribution is -2.39. The number of carbonyl (C=O) groups is 1. The molecule has 2 rings (SSSR count). The first-order valence-electron chi connectivity index (χ1n) is 6.48. The predicted octanol–water partition coefficient (Wildman–Crippen LogP) is 0.914. The Kier molecular flexibility index (Phi) is 4.17. The highest BCUT2D eigenvalue weighted by atomic mass is 32.2. The Morgan fingerprint density at radius 3 is 2.90 bits per heavy atom. The third-order valence-corrected chi connectivity index (χ3v) is 4.77. The number of carbonyl (C=O) groups excluding carboxylic acids is 1. The quantitative estimate of drug-likeness (QED) is 0.659. The van der Waals surface area contributed by atoms with E-state index in [9.17, 15) is 13.2 Å². The van der Waals surface area contributed by atoms with Gasteiger partial charge in [0.25, 0.3) is 0 Å². The first kappa shape index (κ1) is 14.6. The van der Waals surface area contributed by atoms with Gasteiger partial charge in [0.15, 0.2) is 5.75 Å². The van der Waals surface area contributed by atoms with Crippen molar-refractivity contribution in [1.82, 2.24) is 0 Å². The number of esters is 1. The zero-order chi connectivity index (χ0) is 14.8. The summed E-state index contributed by atoms with van der Waals surface area (Å²) >= 11 is 0. The Balaban J connectivity index is 2.28. The van der Waals surface area contributed by atoms with Gasteiger partial charge in [0.1, 0.15) is 0 Å². The van der Waals surface area contributed by atoms with Crippen molar-refractivity contribution in [3.05, 3.63) is 23.8 Å². The molecule has 20 heavy (non-hydrogen) atoms. The molecule has 0 unspecified atom stereocenters. The number of hydrogen-bond donors (Lipinski definition) is 1. The summed E-state index contributed by atoms with van der Waals surface area (Å²) in [5, 5.41) is 0. The number of nitrogens with two attached hydrogens (primary N) is 1. The largest absolute Gasteiger partial charge is 0.465 e. The van der Waals surface area contributed by atoms with Crippen LogP contribution in [0.4, 0.5) is 11.4 Å². The number of hydrogen-bond acceptors (Lipinski definition) is 5. The number of benzene rings is 1. The fourth-order valence-corrected chi connectivity index (χ4v) is 3.72. The molecule has 1 heterocycles. The minimum absolute atomic E-state index is 0.168. The lowest BCUT2D eigenvalue weighted by molar-refractivity contribution is -0.139. The Bertz CT molecular complexity index is 613. The van der Waals surface area contributed by atoms with Crippen molar-refractivity contribution in [2.45, 2.75) is 19.8 Å². The number of anilines is 2. The smallest absolute Gasteiger partial charge is 0.323 e. The highest BCUT2D eigenvalue weighted by molar-refractivity contribution is 7.93. The molecule has 6 nitrogen and oxygen atoms in total. The van der Waals surface area contributed by atoms with E-state index in [1.54, 1.807) is 25.1 Å². The topological polar surface area (TPSA) is 89.7 Å². The van der Waals surface area contributed by atoms with E-state index in [1.165, 1.54) is 4.31 Å². The molecule has 1 aromatic carbocycles. The molecule has 0 radical (unpaired) electrons. The van der Waals surface area contributed by atoms with Crippen LogP contribution in [0.15, 0.2) is 18.2 Å². The molecule has 0 fully saturated rings. The number of ether oxygens (including phenoxy) is 1. The average molecular weight is 298 g/mol. The van der Waals surface area contributed by atoms with E-state index in [-0.39, 0.29) is 6.61 Å². The van der Waals surface area contributed by atoms with Gasteiger partial charge in [-0.25, -0.2) is 8.42 Å². The third-order valence-electron chi connectivity index (χ3n) is 3.12. The number of sulfonamides is 1. The summed E-state index contributed by atoms with van der Waals surface area (Å²) in [6, 6.07) is 5.13.